The maximum absolute atomic E-state index is 13.5. The highest BCUT2D eigenvalue weighted by Crippen LogP contribution is 2.33. The number of benzene rings is 2. The van der Waals surface area contributed by atoms with Gasteiger partial charge in [0.2, 0.25) is 5.91 Å². The Morgan fingerprint density at radius 2 is 1.68 bits per heavy atom. The quantitative estimate of drug-likeness (QED) is 0.870. The van der Waals surface area contributed by atoms with Crippen molar-refractivity contribution in [3.63, 3.8) is 0 Å². The fourth-order valence-corrected chi connectivity index (χ4v) is 4.86. The molecule has 0 bridgehead atoms. The van der Waals surface area contributed by atoms with E-state index in [1.165, 1.54) is 17.5 Å². The standard InChI is InChI=1S/C24H31N3O/c25-15-21-17-27(18-22(21)20-11-5-2-6-12-20)24(28)23-13-7-8-14-26(23)16-19-9-3-1-4-10-19/h1-6,9-12,21-23H,7-8,13-18,25H2/t21-,22+,23?/m1/s1. The molecule has 1 unspecified atom stereocenters. The van der Waals surface area contributed by atoms with Crippen LogP contribution in [0.15, 0.2) is 60.7 Å². The lowest BCUT2D eigenvalue weighted by atomic mass is 9.89. The van der Waals surface area contributed by atoms with Gasteiger partial charge in [0.15, 0.2) is 0 Å². The van der Waals surface area contributed by atoms with Gasteiger partial charge in [0, 0.05) is 25.6 Å². The predicted molar refractivity (Wildman–Crippen MR) is 113 cm³/mol. The first-order valence-corrected chi connectivity index (χ1v) is 10.6. The molecular weight excluding hydrogens is 346 g/mol. The number of likely N-dealkylation sites (tertiary alicyclic amines) is 2. The van der Waals surface area contributed by atoms with Gasteiger partial charge in [-0.2, -0.15) is 0 Å². The Kier molecular flexibility index (Phi) is 6.08. The molecule has 2 aliphatic rings. The molecule has 2 heterocycles. The molecule has 2 N–H and O–H groups in total. The van der Waals surface area contributed by atoms with Crippen molar-refractivity contribution < 1.29 is 4.79 Å². The molecule has 4 nitrogen and oxygen atoms in total. The summed E-state index contributed by atoms with van der Waals surface area (Å²) >= 11 is 0. The monoisotopic (exact) mass is 377 g/mol. The van der Waals surface area contributed by atoms with Crippen LogP contribution in [0.4, 0.5) is 0 Å². The first-order valence-electron chi connectivity index (χ1n) is 10.6. The lowest BCUT2D eigenvalue weighted by Gasteiger charge is -2.37. The summed E-state index contributed by atoms with van der Waals surface area (Å²) in [5.41, 5.74) is 8.67. The molecule has 4 rings (SSSR count). The third kappa shape index (κ3) is 4.13. The Bertz CT molecular complexity index is 764. The Balaban J connectivity index is 1.47. The van der Waals surface area contributed by atoms with Gasteiger partial charge >= 0.3 is 0 Å². The molecule has 4 heteroatoms. The Morgan fingerprint density at radius 3 is 2.39 bits per heavy atom. The first-order chi connectivity index (χ1) is 13.8. The molecule has 148 valence electrons. The van der Waals surface area contributed by atoms with Crippen LogP contribution in [0, 0.1) is 5.92 Å². The number of nitrogens with zero attached hydrogens (tertiary/aromatic N) is 2. The van der Waals surface area contributed by atoms with Gasteiger partial charge in [0.05, 0.1) is 6.04 Å². The summed E-state index contributed by atoms with van der Waals surface area (Å²) in [4.78, 5) is 18.0. The van der Waals surface area contributed by atoms with E-state index in [1.54, 1.807) is 0 Å². The number of carbonyl (C=O) groups excluding carboxylic acids is 1. The second-order valence-electron chi connectivity index (χ2n) is 8.22. The predicted octanol–water partition coefficient (Wildman–Crippen LogP) is 3.24. The number of hydrogen-bond acceptors (Lipinski definition) is 3. The topological polar surface area (TPSA) is 49.6 Å². The minimum Gasteiger partial charge on any atom is -0.340 e. The zero-order valence-electron chi connectivity index (χ0n) is 16.5. The zero-order chi connectivity index (χ0) is 19.3. The molecule has 1 amide bonds. The van der Waals surface area contributed by atoms with Gasteiger partial charge in [-0.3, -0.25) is 9.69 Å². The van der Waals surface area contributed by atoms with E-state index in [1.807, 2.05) is 12.1 Å². The fourth-order valence-electron chi connectivity index (χ4n) is 4.86. The molecule has 0 radical (unpaired) electrons. The van der Waals surface area contributed by atoms with Crippen molar-refractivity contribution in [1.29, 1.82) is 0 Å². The van der Waals surface area contributed by atoms with Crippen LogP contribution in [0.5, 0.6) is 0 Å². The van der Waals surface area contributed by atoms with E-state index in [4.69, 9.17) is 5.73 Å². The molecule has 0 spiro atoms. The fraction of sp³-hybridized carbons (Fsp3) is 0.458. The molecule has 2 saturated heterocycles. The highest BCUT2D eigenvalue weighted by atomic mass is 16.2. The number of nitrogens with two attached hydrogens (primary N) is 1. The van der Waals surface area contributed by atoms with Gasteiger partial charge in [0.25, 0.3) is 0 Å². The Hall–Kier alpha value is -2.17. The minimum atomic E-state index is 0.00176. The van der Waals surface area contributed by atoms with Gasteiger partial charge in [-0.15, -0.1) is 0 Å². The number of amides is 1. The Morgan fingerprint density at radius 1 is 0.964 bits per heavy atom. The smallest absolute Gasteiger partial charge is 0.239 e. The van der Waals surface area contributed by atoms with Crippen LogP contribution in [-0.2, 0) is 11.3 Å². The summed E-state index contributed by atoms with van der Waals surface area (Å²) in [7, 11) is 0. The van der Waals surface area contributed by atoms with Gasteiger partial charge in [-0.05, 0) is 43.0 Å². The number of carbonyl (C=O) groups is 1. The van der Waals surface area contributed by atoms with Crippen LogP contribution in [0.2, 0.25) is 0 Å². The molecule has 3 atom stereocenters. The SMILES string of the molecule is NC[C@@H]1CN(C(=O)C2CCCCN2Cc2ccccc2)C[C@H]1c1ccccc1. The molecular formula is C24H31N3O. The third-order valence-electron chi connectivity index (χ3n) is 6.41. The average molecular weight is 378 g/mol. The summed E-state index contributed by atoms with van der Waals surface area (Å²) < 4.78 is 0. The van der Waals surface area contributed by atoms with E-state index in [9.17, 15) is 4.79 Å². The molecule has 2 aromatic rings. The second kappa shape index (κ2) is 8.89. The van der Waals surface area contributed by atoms with E-state index < -0.39 is 0 Å². The van der Waals surface area contributed by atoms with Crippen LogP contribution in [0.1, 0.15) is 36.3 Å². The van der Waals surface area contributed by atoms with Gasteiger partial charge < -0.3 is 10.6 Å². The van der Waals surface area contributed by atoms with Crippen LogP contribution in [0.25, 0.3) is 0 Å². The van der Waals surface area contributed by atoms with Crippen molar-refractivity contribution in [3.05, 3.63) is 71.8 Å². The first kappa shape index (κ1) is 19.2. The summed E-state index contributed by atoms with van der Waals surface area (Å²) in [6.45, 7) is 4.06. The summed E-state index contributed by atoms with van der Waals surface area (Å²) in [5.74, 6) is 0.992. The summed E-state index contributed by atoms with van der Waals surface area (Å²) in [6, 6.07) is 21.1. The number of piperidine rings is 1. The highest BCUT2D eigenvalue weighted by Gasteiger charge is 2.39. The molecule has 2 fully saturated rings. The Labute approximate surface area is 168 Å². The van der Waals surface area contributed by atoms with E-state index in [0.29, 0.717) is 24.3 Å². The molecule has 0 aromatic heterocycles. The van der Waals surface area contributed by atoms with Crippen molar-refractivity contribution in [1.82, 2.24) is 9.80 Å². The van der Waals surface area contributed by atoms with Crippen molar-refractivity contribution in [3.8, 4) is 0 Å². The van der Waals surface area contributed by atoms with Crippen LogP contribution < -0.4 is 5.73 Å². The minimum absolute atomic E-state index is 0.00176. The second-order valence-corrected chi connectivity index (χ2v) is 8.22. The van der Waals surface area contributed by atoms with E-state index >= 15 is 0 Å². The largest absolute Gasteiger partial charge is 0.340 e. The average Bonchev–Trinajstić information content (AvgIpc) is 3.20. The van der Waals surface area contributed by atoms with Gasteiger partial charge in [0.1, 0.15) is 0 Å². The molecule has 2 aliphatic heterocycles. The lowest BCUT2D eigenvalue weighted by molar-refractivity contribution is -0.137. The van der Waals surface area contributed by atoms with Crippen LogP contribution in [0.3, 0.4) is 0 Å². The van der Waals surface area contributed by atoms with E-state index in [0.717, 1.165) is 39.0 Å². The number of hydrogen-bond donors (Lipinski definition) is 1. The molecule has 2 aromatic carbocycles. The normalized spacial score (nSPS) is 25.8. The molecule has 28 heavy (non-hydrogen) atoms. The van der Waals surface area contributed by atoms with Crippen LogP contribution >= 0.6 is 0 Å². The highest BCUT2D eigenvalue weighted by molar-refractivity contribution is 5.82. The van der Waals surface area contributed by atoms with Crippen LogP contribution in [-0.4, -0.2) is 47.9 Å². The van der Waals surface area contributed by atoms with Crippen molar-refractivity contribution >= 4 is 5.91 Å². The van der Waals surface area contributed by atoms with Gasteiger partial charge in [-0.1, -0.05) is 67.1 Å². The lowest BCUT2D eigenvalue weighted by Crippen LogP contribution is -2.50. The summed E-state index contributed by atoms with van der Waals surface area (Å²) in [6.07, 6.45) is 3.28. The number of rotatable bonds is 5. The summed E-state index contributed by atoms with van der Waals surface area (Å²) in [5, 5.41) is 0. The molecule has 0 saturated carbocycles. The zero-order valence-corrected chi connectivity index (χ0v) is 16.5. The van der Waals surface area contributed by atoms with E-state index in [2.05, 4.69) is 58.3 Å². The van der Waals surface area contributed by atoms with Crippen molar-refractivity contribution in [2.75, 3.05) is 26.2 Å². The van der Waals surface area contributed by atoms with Gasteiger partial charge in [-0.25, -0.2) is 0 Å². The van der Waals surface area contributed by atoms with E-state index in [-0.39, 0.29) is 6.04 Å². The molecule has 0 aliphatic carbocycles. The maximum atomic E-state index is 13.5. The third-order valence-corrected chi connectivity index (χ3v) is 6.41. The van der Waals surface area contributed by atoms with Crippen molar-refractivity contribution in [2.24, 2.45) is 11.7 Å². The maximum Gasteiger partial charge on any atom is 0.239 e. The van der Waals surface area contributed by atoms with Crippen molar-refractivity contribution in [2.45, 2.75) is 37.8 Å².